The van der Waals surface area contributed by atoms with Crippen LogP contribution in [0.4, 0.5) is 5.82 Å². The van der Waals surface area contributed by atoms with Crippen LogP contribution in [0.2, 0.25) is 0 Å². The lowest BCUT2D eigenvalue weighted by Crippen LogP contribution is -2.35. The smallest absolute Gasteiger partial charge is 0.218 e. The molecule has 1 N–H and O–H groups in total. The molecular weight excluding hydrogens is 240 g/mol. The molecular formula is C14H26N4O. The molecule has 1 aromatic rings. The van der Waals surface area contributed by atoms with Gasteiger partial charge in [0.15, 0.2) is 0 Å². The van der Waals surface area contributed by atoms with Crippen molar-refractivity contribution < 1.29 is 4.74 Å². The molecule has 1 aromatic heterocycles. The van der Waals surface area contributed by atoms with Crippen molar-refractivity contribution >= 4 is 5.82 Å². The van der Waals surface area contributed by atoms with Gasteiger partial charge in [0.05, 0.1) is 6.61 Å². The molecule has 0 saturated carbocycles. The summed E-state index contributed by atoms with van der Waals surface area (Å²) in [6, 6.07) is 2.19. The second kappa shape index (κ2) is 7.94. The van der Waals surface area contributed by atoms with Gasteiger partial charge in [-0.15, -0.1) is 0 Å². The van der Waals surface area contributed by atoms with Gasteiger partial charge >= 0.3 is 0 Å². The van der Waals surface area contributed by atoms with Gasteiger partial charge in [-0.2, -0.15) is 4.98 Å². The fraction of sp³-hybridized carbons (Fsp3) is 0.714. The molecule has 108 valence electrons. The average molecular weight is 266 g/mol. The Labute approximate surface area is 116 Å². The summed E-state index contributed by atoms with van der Waals surface area (Å²) in [6.07, 6.45) is 0. The van der Waals surface area contributed by atoms with Crippen LogP contribution in [0.25, 0.3) is 0 Å². The van der Waals surface area contributed by atoms with Crippen molar-refractivity contribution in [3.8, 4) is 5.88 Å². The first kappa shape index (κ1) is 15.7. The molecule has 5 heteroatoms. The predicted molar refractivity (Wildman–Crippen MR) is 78.8 cm³/mol. The molecule has 0 aliphatic rings. The van der Waals surface area contributed by atoms with E-state index in [9.17, 15) is 0 Å². The van der Waals surface area contributed by atoms with E-state index in [0.29, 0.717) is 18.5 Å². The molecule has 5 nitrogen and oxygen atoms in total. The van der Waals surface area contributed by atoms with Gasteiger partial charge in [0.25, 0.3) is 0 Å². The summed E-state index contributed by atoms with van der Waals surface area (Å²) in [6.45, 7) is 14.1. The zero-order valence-corrected chi connectivity index (χ0v) is 12.7. The molecule has 0 radical (unpaired) electrons. The molecule has 0 bridgehead atoms. The lowest BCUT2D eigenvalue weighted by molar-refractivity contribution is 0.294. The van der Waals surface area contributed by atoms with E-state index in [2.05, 4.69) is 41.0 Å². The molecule has 0 spiro atoms. The van der Waals surface area contributed by atoms with Gasteiger partial charge in [0, 0.05) is 18.7 Å². The maximum absolute atomic E-state index is 5.43. The van der Waals surface area contributed by atoms with Crippen molar-refractivity contribution in [1.29, 1.82) is 0 Å². The number of hydrogen-bond donors (Lipinski definition) is 1. The molecule has 1 heterocycles. The predicted octanol–water partition coefficient (Wildman–Crippen LogP) is 2.33. The van der Waals surface area contributed by atoms with E-state index < -0.39 is 0 Å². The van der Waals surface area contributed by atoms with Gasteiger partial charge in [-0.1, -0.05) is 13.8 Å². The van der Waals surface area contributed by atoms with Crippen LogP contribution in [0.3, 0.4) is 0 Å². The van der Waals surface area contributed by atoms with Crippen molar-refractivity contribution in [3.63, 3.8) is 0 Å². The van der Waals surface area contributed by atoms with Gasteiger partial charge in [-0.3, -0.25) is 0 Å². The maximum atomic E-state index is 5.43. The molecule has 1 atom stereocenters. The lowest BCUT2D eigenvalue weighted by atomic mass is 10.3. The van der Waals surface area contributed by atoms with Gasteiger partial charge < -0.3 is 15.0 Å². The van der Waals surface area contributed by atoms with E-state index in [-0.39, 0.29) is 0 Å². The van der Waals surface area contributed by atoms with Crippen molar-refractivity contribution in [1.82, 2.24) is 14.9 Å². The number of aryl methyl sites for hydroxylation is 1. The number of likely N-dealkylation sites (N-methyl/N-ethyl adjacent to an activating group) is 1. The molecule has 0 fully saturated rings. The highest BCUT2D eigenvalue weighted by molar-refractivity contribution is 5.39. The SMILES string of the molecule is CCOc1cc(NC(C)CN(CC)CC)nc(C)n1. The minimum atomic E-state index is 0.337. The van der Waals surface area contributed by atoms with Gasteiger partial charge in [-0.25, -0.2) is 4.98 Å². The Morgan fingerprint density at radius 2 is 1.95 bits per heavy atom. The second-order valence-electron chi connectivity index (χ2n) is 4.60. The lowest BCUT2D eigenvalue weighted by Gasteiger charge is -2.23. The van der Waals surface area contributed by atoms with Crippen molar-refractivity contribution in [2.45, 2.75) is 40.7 Å². The van der Waals surface area contributed by atoms with E-state index in [1.165, 1.54) is 0 Å². The number of aromatic nitrogens is 2. The number of rotatable bonds is 8. The Morgan fingerprint density at radius 3 is 2.53 bits per heavy atom. The van der Waals surface area contributed by atoms with Crippen LogP contribution in [-0.4, -0.2) is 47.2 Å². The molecule has 0 amide bonds. The van der Waals surface area contributed by atoms with Gasteiger partial charge in [-0.05, 0) is 33.9 Å². The molecule has 0 saturated heterocycles. The Balaban J connectivity index is 2.65. The fourth-order valence-electron chi connectivity index (χ4n) is 2.00. The fourth-order valence-corrected chi connectivity index (χ4v) is 2.00. The van der Waals surface area contributed by atoms with Gasteiger partial charge in [0.2, 0.25) is 5.88 Å². The maximum Gasteiger partial charge on any atom is 0.218 e. The van der Waals surface area contributed by atoms with E-state index in [1.807, 2.05) is 19.9 Å². The van der Waals surface area contributed by atoms with Crippen LogP contribution in [0.1, 0.15) is 33.5 Å². The van der Waals surface area contributed by atoms with Crippen LogP contribution >= 0.6 is 0 Å². The van der Waals surface area contributed by atoms with Crippen molar-refractivity contribution in [3.05, 3.63) is 11.9 Å². The van der Waals surface area contributed by atoms with E-state index in [0.717, 1.165) is 31.3 Å². The van der Waals surface area contributed by atoms with Gasteiger partial charge in [0.1, 0.15) is 11.6 Å². The van der Waals surface area contributed by atoms with Crippen LogP contribution < -0.4 is 10.1 Å². The third-order valence-electron chi connectivity index (χ3n) is 2.93. The number of hydrogen-bond acceptors (Lipinski definition) is 5. The Hall–Kier alpha value is -1.36. The minimum Gasteiger partial charge on any atom is -0.478 e. The largest absolute Gasteiger partial charge is 0.478 e. The van der Waals surface area contributed by atoms with Crippen LogP contribution in [-0.2, 0) is 0 Å². The van der Waals surface area contributed by atoms with Crippen molar-refractivity contribution in [2.75, 3.05) is 31.6 Å². The zero-order valence-electron chi connectivity index (χ0n) is 12.7. The number of nitrogens with one attached hydrogen (secondary N) is 1. The molecule has 1 unspecified atom stereocenters. The minimum absolute atomic E-state index is 0.337. The summed E-state index contributed by atoms with van der Waals surface area (Å²) in [7, 11) is 0. The summed E-state index contributed by atoms with van der Waals surface area (Å²) in [5.41, 5.74) is 0. The van der Waals surface area contributed by atoms with Crippen LogP contribution in [0.15, 0.2) is 6.07 Å². The normalized spacial score (nSPS) is 12.5. The Bertz CT molecular complexity index is 380. The quantitative estimate of drug-likeness (QED) is 0.782. The standard InChI is InChI=1S/C14H26N4O/c1-6-18(7-2)10-11(4)15-13-9-14(19-8-3)17-12(5)16-13/h9,11H,6-8,10H2,1-5H3,(H,15,16,17). The number of anilines is 1. The highest BCUT2D eigenvalue weighted by Gasteiger charge is 2.09. The summed E-state index contributed by atoms with van der Waals surface area (Å²) in [5, 5.41) is 3.41. The summed E-state index contributed by atoms with van der Waals surface area (Å²) >= 11 is 0. The van der Waals surface area contributed by atoms with E-state index in [1.54, 1.807) is 0 Å². The highest BCUT2D eigenvalue weighted by atomic mass is 16.5. The highest BCUT2D eigenvalue weighted by Crippen LogP contribution is 2.14. The monoisotopic (exact) mass is 266 g/mol. The van der Waals surface area contributed by atoms with E-state index >= 15 is 0 Å². The first-order valence-electron chi connectivity index (χ1n) is 7.06. The first-order valence-corrected chi connectivity index (χ1v) is 7.06. The van der Waals surface area contributed by atoms with Crippen LogP contribution in [0, 0.1) is 6.92 Å². The summed E-state index contributed by atoms with van der Waals surface area (Å²) in [5.74, 6) is 2.19. The molecule has 19 heavy (non-hydrogen) atoms. The molecule has 1 rings (SSSR count). The molecule has 0 aromatic carbocycles. The zero-order chi connectivity index (χ0) is 14.3. The van der Waals surface area contributed by atoms with E-state index in [4.69, 9.17) is 4.74 Å². The van der Waals surface area contributed by atoms with Crippen LogP contribution in [0.5, 0.6) is 5.88 Å². The first-order chi connectivity index (χ1) is 9.08. The number of ether oxygens (including phenoxy) is 1. The number of nitrogens with zero attached hydrogens (tertiary/aromatic N) is 3. The summed E-state index contributed by atoms with van der Waals surface area (Å²) < 4.78 is 5.43. The Morgan fingerprint density at radius 1 is 1.26 bits per heavy atom. The topological polar surface area (TPSA) is 50.3 Å². The summed E-state index contributed by atoms with van der Waals surface area (Å²) in [4.78, 5) is 11.0. The third kappa shape index (κ3) is 5.42. The Kier molecular flexibility index (Phi) is 6.56. The second-order valence-corrected chi connectivity index (χ2v) is 4.60. The third-order valence-corrected chi connectivity index (χ3v) is 2.93. The van der Waals surface area contributed by atoms with Crippen molar-refractivity contribution in [2.24, 2.45) is 0 Å². The molecule has 0 aliphatic heterocycles. The average Bonchev–Trinajstić information content (AvgIpc) is 2.35. The molecule has 0 aliphatic carbocycles.